The van der Waals surface area contributed by atoms with Crippen LogP contribution >= 0.6 is 0 Å². The third-order valence-corrected chi connectivity index (χ3v) is 6.25. The highest BCUT2D eigenvalue weighted by atomic mass is 32.2. The van der Waals surface area contributed by atoms with Crippen LogP contribution in [0, 0.1) is 0 Å². The van der Waals surface area contributed by atoms with E-state index in [1.165, 1.54) is 26.3 Å². The lowest BCUT2D eigenvalue weighted by Gasteiger charge is -2.18. The number of nitrogens with one attached hydrogen (secondary N) is 1. The molecule has 2 aromatic carbocycles. The summed E-state index contributed by atoms with van der Waals surface area (Å²) in [4.78, 5) is 14.5. The second kappa shape index (κ2) is 8.26. The number of aryl methyl sites for hydroxylation is 1. The third kappa shape index (κ3) is 3.99. The van der Waals surface area contributed by atoms with Crippen LogP contribution in [0.15, 0.2) is 51.8 Å². The van der Waals surface area contributed by atoms with Crippen molar-refractivity contribution in [3.8, 4) is 5.75 Å². The monoisotopic (exact) mass is 416 g/mol. The highest BCUT2D eigenvalue weighted by Crippen LogP contribution is 2.29. The second-order valence-corrected chi connectivity index (χ2v) is 8.44. The minimum atomic E-state index is -3.77. The summed E-state index contributed by atoms with van der Waals surface area (Å²) in [6.07, 6.45) is 0.707. The number of para-hydroxylation sites is 1. The van der Waals surface area contributed by atoms with Gasteiger partial charge in [0.25, 0.3) is 5.91 Å². The van der Waals surface area contributed by atoms with Crippen molar-refractivity contribution in [2.24, 2.45) is 0 Å². The van der Waals surface area contributed by atoms with E-state index in [1.807, 2.05) is 31.2 Å². The van der Waals surface area contributed by atoms with Gasteiger partial charge in [-0.2, -0.15) is 0 Å². The van der Waals surface area contributed by atoms with Crippen molar-refractivity contribution in [1.29, 1.82) is 0 Å². The van der Waals surface area contributed by atoms with E-state index >= 15 is 0 Å². The number of hydrogen-bond donors (Lipinski definition) is 1. The number of hydrogen-bond acceptors (Lipinski definition) is 5. The summed E-state index contributed by atoms with van der Waals surface area (Å²) in [5.74, 6) is 0.708. The number of carbonyl (C=O) groups excluding carboxylic acids is 1. The van der Waals surface area contributed by atoms with Gasteiger partial charge in [0.05, 0.1) is 7.11 Å². The molecule has 0 saturated heterocycles. The van der Waals surface area contributed by atoms with Crippen molar-refractivity contribution < 1.29 is 22.4 Å². The van der Waals surface area contributed by atoms with Gasteiger partial charge in [0.1, 0.15) is 22.0 Å². The van der Waals surface area contributed by atoms with E-state index in [0.717, 1.165) is 22.3 Å². The Kier molecular flexibility index (Phi) is 5.95. The fourth-order valence-corrected chi connectivity index (χ4v) is 4.19. The summed E-state index contributed by atoms with van der Waals surface area (Å²) in [6.45, 7) is 2.35. The van der Waals surface area contributed by atoms with Crippen molar-refractivity contribution in [1.82, 2.24) is 9.62 Å². The SMILES string of the molecule is CCc1oc2ccccc2c1CN(C)C(=O)c1ccc(OC)c(S(=O)(=O)NC)c1. The second-order valence-electron chi connectivity index (χ2n) is 6.59. The predicted octanol–water partition coefficient (Wildman–Crippen LogP) is 3.18. The highest BCUT2D eigenvalue weighted by Gasteiger charge is 2.23. The summed E-state index contributed by atoms with van der Waals surface area (Å²) < 4.78 is 37.9. The number of fused-ring (bicyclic) bond motifs is 1. The number of benzene rings is 2. The molecule has 8 heteroatoms. The Labute approximate surface area is 170 Å². The zero-order valence-corrected chi connectivity index (χ0v) is 17.7. The average molecular weight is 416 g/mol. The fraction of sp³-hybridized carbons (Fsp3) is 0.286. The molecule has 1 N–H and O–H groups in total. The van der Waals surface area contributed by atoms with Gasteiger partial charge in [-0.25, -0.2) is 13.1 Å². The Bertz CT molecular complexity index is 1150. The van der Waals surface area contributed by atoms with E-state index in [-0.39, 0.29) is 22.1 Å². The minimum absolute atomic E-state index is 0.0789. The van der Waals surface area contributed by atoms with Crippen molar-refractivity contribution in [2.45, 2.75) is 24.8 Å². The fourth-order valence-electron chi connectivity index (χ4n) is 3.27. The van der Waals surface area contributed by atoms with Crippen LogP contribution in [0.1, 0.15) is 28.6 Å². The zero-order valence-electron chi connectivity index (χ0n) is 16.9. The van der Waals surface area contributed by atoms with E-state index in [9.17, 15) is 13.2 Å². The maximum absolute atomic E-state index is 13.0. The summed E-state index contributed by atoms with van der Waals surface area (Å²) in [7, 11) is 0.602. The van der Waals surface area contributed by atoms with Gasteiger partial charge < -0.3 is 14.1 Å². The average Bonchev–Trinajstić information content (AvgIpc) is 3.10. The number of nitrogens with zero attached hydrogens (tertiary/aromatic N) is 1. The van der Waals surface area contributed by atoms with Crippen LogP contribution in [-0.2, 0) is 23.0 Å². The van der Waals surface area contributed by atoms with Crippen molar-refractivity contribution in [3.63, 3.8) is 0 Å². The smallest absolute Gasteiger partial charge is 0.253 e. The summed E-state index contributed by atoms with van der Waals surface area (Å²) in [5.41, 5.74) is 2.00. The number of methoxy groups -OCH3 is 1. The van der Waals surface area contributed by atoms with Crippen LogP contribution < -0.4 is 9.46 Å². The van der Waals surface area contributed by atoms with Gasteiger partial charge in [0, 0.05) is 36.5 Å². The Morgan fingerprint density at radius 1 is 1.21 bits per heavy atom. The van der Waals surface area contributed by atoms with Crippen LogP contribution in [-0.4, -0.2) is 40.4 Å². The normalized spacial score (nSPS) is 11.6. The Hall–Kier alpha value is -2.84. The zero-order chi connectivity index (χ0) is 21.2. The van der Waals surface area contributed by atoms with Crippen LogP contribution in [0.4, 0.5) is 0 Å². The van der Waals surface area contributed by atoms with E-state index in [4.69, 9.17) is 9.15 Å². The molecule has 1 aromatic heterocycles. The maximum atomic E-state index is 13.0. The summed E-state index contributed by atoms with van der Waals surface area (Å²) in [5, 5.41) is 0.970. The lowest BCUT2D eigenvalue weighted by molar-refractivity contribution is 0.0784. The molecule has 0 saturated carbocycles. The number of furan rings is 1. The molecule has 29 heavy (non-hydrogen) atoms. The molecule has 7 nitrogen and oxygen atoms in total. The predicted molar refractivity (Wildman–Crippen MR) is 111 cm³/mol. The van der Waals surface area contributed by atoms with Crippen LogP contribution in [0.2, 0.25) is 0 Å². The van der Waals surface area contributed by atoms with Gasteiger partial charge in [-0.15, -0.1) is 0 Å². The Morgan fingerprint density at radius 3 is 2.59 bits per heavy atom. The van der Waals surface area contributed by atoms with Gasteiger partial charge in [0.2, 0.25) is 10.0 Å². The standard InChI is InChI=1S/C21H24N2O5S/c1-5-17-16(15-8-6-7-9-18(15)28-17)13-23(3)21(24)14-10-11-19(27-4)20(12-14)29(25,26)22-2/h6-12,22H,5,13H2,1-4H3. The molecule has 0 aliphatic heterocycles. The van der Waals surface area contributed by atoms with Crippen LogP contribution in [0.5, 0.6) is 5.75 Å². The first-order valence-corrected chi connectivity index (χ1v) is 10.7. The molecule has 0 spiro atoms. The number of carbonyl (C=O) groups is 1. The number of amides is 1. The lowest BCUT2D eigenvalue weighted by atomic mass is 10.1. The van der Waals surface area contributed by atoms with E-state index < -0.39 is 10.0 Å². The van der Waals surface area contributed by atoms with E-state index in [2.05, 4.69) is 4.72 Å². The molecule has 3 rings (SSSR count). The Balaban J connectivity index is 1.95. The van der Waals surface area contributed by atoms with Crippen molar-refractivity contribution in [2.75, 3.05) is 21.2 Å². The highest BCUT2D eigenvalue weighted by molar-refractivity contribution is 7.89. The van der Waals surface area contributed by atoms with Crippen LogP contribution in [0.3, 0.4) is 0 Å². The van der Waals surface area contributed by atoms with Gasteiger partial charge in [0.15, 0.2) is 0 Å². The van der Waals surface area contributed by atoms with Gasteiger partial charge in [-0.3, -0.25) is 4.79 Å². The van der Waals surface area contributed by atoms with Crippen molar-refractivity contribution >= 4 is 26.9 Å². The molecule has 0 aliphatic carbocycles. The van der Waals surface area contributed by atoms with E-state index in [0.29, 0.717) is 13.0 Å². The quantitative estimate of drug-likeness (QED) is 0.639. The largest absolute Gasteiger partial charge is 0.495 e. The molecular weight excluding hydrogens is 392 g/mol. The number of rotatable bonds is 7. The molecule has 1 heterocycles. The molecule has 154 valence electrons. The molecule has 1 amide bonds. The topological polar surface area (TPSA) is 88.9 Å². The molecule has 0 fully saturated rings. The summed E-state index contributed by atoms with van der Waals surface area (Å²) >= 11 is 0. The molecule has 3 aromatic rings. The first kappa shape index (κ1) is 20.9. The van der Waals surface area contributed by atoms with Crippen LogP contribution in [0.25, 0.3) is 11.0 Å². The Morgan fingerprint density at radius 2 is 1.93 bits per heavy atom. The maximum Gasteiger partial charge on any atom is 0.253 e. The first-order valence-electron chi connectivity index (χ1n) is 9.18. The third-order valence-electron chi connectivity index (χ3n) is 4.81. The number of ether oxygens (including phenoxy) is 1. The van der Waals surface area contributed by atoms with Gasteiger partial charge >= 0.3 is 0 Å². The van der Waals surface area contributed by atoms with Gasteiger partial charge in [-0.05, 0) is 31.3 Å². The lowest BCUT2D eigenvalue weighted by Crippen LogP contribution is -2.27. The van der Waals surface area contributed by atoms with E-state index in [1.54, 1.807) is 18.0 Å². The minimum Gasteiger partial charge on any atom is -0.495 e. The molecule has 0 bridgehead atoms. The van der Waals surface area contributed by atoms with Crippen molar-refractivity contribution in [3.05, 3.63) is 59.4 Å². The molecule has 0 radical (unpaired) electrons. The van der Waals surface area contributed by atoms with Gasteiger partial charge in [-0.1, -0.05) is 25.1 Å². The summed E-state index contributed by atoms with van der Waals surface area (Å²) in [6, 6.07) is 12.1. The molecule has 0 atom stereocenters. The molecule has 0 aliphatic rings. The molecular formula is C21H24N2O5S. The first-order chi connectivity index (χ1) is 13.8. The molecule has 0 unspecified atom stereocenters. The number of sulfonamides is 1.